The van der Waals surface area contributed by atoms with Crippen LogP contribution in [0, 0.1) is 0 Å². The van der Waals surface area contributed by atoms with Gasteiger partial charge in [0.15, 0.2) is 12.4 Å². The van der Waals surface area contributed by atoms with E-state index in [1.54, 1.807) is 0 Å². The number of unbranched alkanes of at least 4 members (excludes halogenated alkanes) is 45. The van der Waals surface area contributed by atoms with E-state index in [1.807, 2.05) is 21.1 Å². The van der Waals surface area contributed by atoms with Crippen LogP contribution in [0.5, 0.6) is 0 Å². The summed E-state index contributed by atoms with van der Waals surface area (Å²) in [6, 6.07) is 0. The maximum atomic E-state index is 12.9. The SMILES string of the molecule is CCCCCCC/C=C\C/C=C\C/C=C\CCCCCCCCCCCCCCCCCCCCCCCCCCCCC(=O)OC(COC(=O)CCCCCCCCCCC/C=C\C/C=C\CCCCCCC)COC(OCC[N+](C)(C)C)C(=O)[O-]. The molecule has 0 aliphatic rings. The normalized spacial score (nSPS) is 13.0. The van der Waals surface area contributed by atoms with Crippen LogP contribution in [0.3, 0.4) is 0 Å². The molecular weight excluding hydrogens is 1080 g/mol. The monoisotopic (exact) mass is 1220 g/mol. The molecule has 508 valence electrons. The van der Waals surface area contributed by atoms with E-state index in [0.29, 0.717) is 17.4 Å². The number of nitrogens with zero attached hydrogens (tertiary/aromatic N) is 1. The topological polar surface area (TPSA) is 111 Å². The number of likely N-dealkylation sites (N-methyl/N-ethyl adjacent to an activating group) is 1. The van der Waals surface area contributed by atoms with Crippen LogP contribution in [0.15, 0.2) is 60.8 Å². The molecule has 0 bridgehead atoms. The Bertz CT molecular complexity index is 1610. The Balaban J connectivity index is 3.96. The van der Waals surface area contributed by atoms with Gasteiger partial charge in [-0.15, -0.1) is 0 Å². The molecule has 87 heavy (non-hydrogen) atoms. The average Bonchev–Trinajstić information content (AvgIpc) is 3.59. The zero-order valence-electron chi connectivity index (χ0n) is 58.2. The molecule has 0 amide bonds. The predicted molar refractivity (Wildman–Crippen MR) is 371 cm³/mol. The third-order valence-corrected chi connectivity index (χ3v) is 16.7. The first-order valence-corrected chi connectivity index (χ1v) is 37.4. The number of carbonyl (C=O) groups is 3. The van der Waals surface area contributed by atoms with Crippen LogP contribution in [-0.4, -0.2) is 82.3 Å². The minimum absolute atomic E-state index is 0.148. The molecule has 0 fully saturated rings. The van der Waals surface area contributed by atoms with Crippen molar-refractivity contribution < 1.29 is 42.9 Å². The van der Waals surface area contributed by atoms with Crippen molar-refractivity contribution in [3.05, 3.63) is 60.8 Å². The molecule has 9 nitrogen and oxygen atoms in total. The van der Waals surface area contributed by atoms with Crippen LogP contribution >= 0.6 is 0 Å². The standard InChI is InChI=1S/C78H143NO8/c1-6-8-10-12-14-16-18-20-22-24-26-28-29-30-31-32-33-34-35-36-37-38-39-40-41-42-43-44-45-46-47-49-51-53-55-57-59-61-63-65-67-69-76(81)87-74(73-86-78(77(82)83)84-71-70-79(3,4)5)72-85-75(80)68-66-64-62-60-58-56-54-52-50-48-27-25-23-21-19-17-15-13-11-9-7-2/h18-21,24-27,29-30,74,78H,6-17,22-23,28,31-73H2,1-5H3/b20-18-,21-19-,26-24-,27-25-,30-29-. The highest BCUT2D eigenvalue weighted by atomic mass is 16.7. The van der Waals surface area contributed by atoms with E-state index in [-0.39, 0.29) is 38.6 Å². The molecule has 0 aliphatic heterocycles. The van der Waals surface area contributed by atoms with Crippen molar-refractivity contribution in [2.45, 2.75) is 373 Å². The number of rotatable bonds is 70. The highest BCUT2D eigenvalue weighted by molar-refractivity contribution is 5.70. The van der Waals surface area contributed by atoms with Gasteiger partial charge in [0.25, 0.3) is 0 Å². The number of ether oxygens (including phenoxy) is 4. The smallest absolute Gasteiger partial charge is 0.306 e. The first-order chi connectivity index (χ1) is 42.6. The van der Waals surface area contributed by atoms with Gasteiger partial charge < -0.3 is 33.3 Å². The van der Waals surface area contributed by atoms with Crippen molar-refractivity contribution in [2.24, 2.45) is 0 Å². The molecule has 0 radical (unpaired) electrons. The Kier molecular flexibility index (Phi) is 66.5. The summed E-state index contributed by atoms with van der Waals surface area (Å²) >= 11 is 0. The van der Waals surface area contributed by atoms with Crippen LogP contribution in [0.4, 0.5) is 0 Å². The molecule has 0 heterocycles. The number of carbonyl (C=O) groups excluding carboxylic acids is 3. The fourth-order valence-corrected chi connectivity index (χ4v) is 11.0. The molecule has 0 rings (SSSR count). The van der Waals surface area contributed by atoms with E-state index in [0.717, 1.165) is 51.4 Å². The van der Waals surface area contributed by atoms with Gasteiger partial charge >= 0.3 is 11.9 Å². The summed E-state index contributed by atoms with van der Waals surface area (Å²) < 4.78 is 22.8. The van der Waals surface area contributed by atoms with Crippen LogP contribution in [0.2, 0.25) is 0 Å². The minimum atomic E-state index is -1.62. The van der Waals surface area contributed by atoms with Gasteiger partial charge in [-0.25, -0.2) is 0 Å². The molecule has 0 saturated heterocycles. The highest BCUT2D eigenvalue weighted by Gasteiger charge is 2.22. The summed E-state index contributed by atoms with van der Waals surface area (Å²) in [6.45, 7) is 4.77. The summed E-state index contributed by atoms with van der Waals surface area (Å²) in [5, 5.41) is 11.8. The fourth-order valence-electron chi connectivity index (χ4n) is 11.0. The largest absolute Gasteiger partial charge is 0.545 e. The Morgan fingerprint density at radius 2 is 0.621 bits per heavy atom. The zero-order chi connectivity index (χ0) is 63.3. The van der Waals surface area contributed by atoms with Gasteiger partial charge in [0.05, 0.1) is 40.3 Å². The molecule has 0 N–H and O–H groups in total. The second-order valence-electron chi connectivity index (χ2n) is 26.6. The first-order valence-electron chi connectivity index (χ1n) is 37.4. The van der Waals surface area contributed by atoms with Crippen LogP contribution in [0.1, 0.15) is 361 Å². The summed E-state index contributed by atoms with van der Waals surface area (Å²) in [6.07, 6.45) is 87.6. The van der Waals surface area contributed by atoms with E-state index < -0.39 is 24.3 Å². The quantitative estimate of drug-likeness (QED) is 0.0195. The number of carboxylic acids is 1. The van der Waals surface area contributed by atoms with E-state index in [9.17, 15) is 19.5 Å². The van der Waals surface area contributed by atoms with Gasteiger partial charge in [-0.3, -0.25) is 9.59 Å². The number of hydrogen-bond acceptors (Lipinski definition) is 8. The fraction of sp³-hybridized carbons (Fsp3) is 0.833. The van der Waals surface area contributed by atoms with Crippen molar-refractivity contribution >= 4 is 17.9 Å². The predicted octanol–water partition coefficient (Wildman–Crippen LogP) is 22.1. The van der Waals surface area contributed by atoms with Crippen molar-refractivity contribution in [1.82, 2.24) is 0 Å². The molecule has 0 spiro atoms. The molecule has 2 unspecified atom stereocenters. The number of carboxylic acid groups (broad SMARTS) is 1. The summed E-state index contributed by atoms with van der Waals surface area (Å²) in [7, 11) is 5.94. The molecule has 2 atom stereocenters. The van der Waals surface area contributed by atoms with E-state index in [4.69, 9.17) is 18.9 Å². The maximum Gasteiger partial charge on any atom is 0.306 e. The Labute approximate surface area is 539 Å². The number of aliphatic carboxylic acids is 1. The lowest BCUT2D eigenvalue weighted by Gasteiger charge is -2.26. The Morgan fingerprint density at radius 3 is 0.920 bits per heavy atom. The van der Waals surface area contributed by atoms with E-state index >= 15 is 0 Å². The molecule has 0 aliphatic carbocycles. The van der Waals surface area contributed by atoms with Crippen molar-refractivity contribution in [1.29, 1.82) is 0 Å². The summed E-state index contributed by atoms with van der Waals surface area (Å²) in [4.78, 5) is 37.5. The van der Waals surface area contributed by atoms with Gasteiger partial charge in [-0.2, -0.15) is 0 Å². The number of hydrogen-bond donors (Lipinski definition) is 0. The first kappa shape index (κ1) is 84.0. The lowest BCUT2D eigenvalue weighted by molar-refractivity contribution is -0.870. The zero-order valence-corrected chi connectivity index (χ0v) is 58.2. The molecule has 0 aromatic heterocycles. The highest BCUT2D eigenvalue weighted by Crippen LogP contribution is 2.19. The van der Waals surface area contributed by atoms with E-state index in [2.05, 4.69) is 74.6 Å². The van der Waals surface area contributed by atoms with Gasteiger partial charge in [0, 0.05) is 12.8 Å². The maximum absolute atomic E-state index is 12.9. The molecular formula is C78H143NO8. The number of esters is 2. The lowest BCUT2D eigenvalue weighted by atomic mass is 10.0. The van der Waals surface area contributed by atoms with Crippen LogP contribution in [0.25, 0.3) is 0 Å². The molecule has 0 aromatic carbocycles. The van der Waals surface area contributed by atoms with Crippen LogP contribution < -0.4 is 5.11 Å². The average molecular weight is 1220 g/mol. The second kappa shape index (κ2) is 68.9. The molecule has 9 heteroatoms. The van der Waals surface area contributed by atoms with Gasteiger partial charge in [-0.1, -0.05) is 325 Å². The summed E-state index contributed by atoms with van der Waals surface area (Å²) in [5.41, 5.74) is 0. The van der Waals surface area contributed by atoms with E-state index in [1.165, 1.54) is 276 Å². The number of allylic oxidation sites excluding steroid dienone is 10. The van der Waals surface area contributed by atoms with Gasteiger partial charge in [0.1, 0.15) is 13.2 Å². The van der Waals surface area contributed by atoms with Gasteiger partial charge in [-0.05, 0) is 83.5 Å². The third kappa shape index (κ3) is 70.3. The molecule has 0 saturated carbocycles. The van der Waals surface area contributed by atoms with Crippen molar-refractivity contribution in [3.8, 4) is 0 Å². The third-order valence-electron chi connectivity index (χ3n) is 16.7. The second-order valence-corrected chi connectivity index (χ2v) is 26.6. The Morgan fingerprint density at radius 1 is 0.345 bits per heavy atom. The van der Waals surface area contributed by atoms with Crippen molar-refractivity contribution in [3.63, 3.8) is 0 Å². The van der Waals surface area contributed by atoms with Crippen molar-refractivity contribution in [2.75, 3.05) is 47.5 Å². The van der Waals surface area contributed by atoms with Crippen LogP contribution in [-0.2, 0) is 33.3 Å². The minimum Gasteiger partial charge on any atom is -0.545 e. The number of quaternary nitrogens is 1. The Hall–Kier alpha value is -3.01. The molecule has 0 aromatic rings. The van der Waals surface area contributed by atoms with Gasteiger partial charge in [0.2, 0.25) is 0 Å². The summed E-state index contributed by atoms with van der Waals surface area (Å²) in [5.74, 6) is -2.27. The lowest BCUT2D eigenvalue weighted by Crippen LogP contribution is -2.44.